The van der Waals surface area contributed by atoms with Crippen molar-refractivity contribution >= 4 is 23.7 Å². The number of likely N-dealkylation sites (N-methyl/N-ethyl adjacent to an activating group) is 1. The molecule has 3 amide bonds. The summed E-state index contributed by atoms with van der Waals surface area (Å²) in [6.07, 6.45) is -1.81. The first-order valence-corrected chi connectivity index (χ1v) is 6.78. The van der Waals surface area contributed by atoms with Crippen LogP contribution >= 0.6 is 0 Å². The number of aliphatic carboxylic acids is 1. The largest absolute Gasteiger partial charge is 0.490 e. The van der Waals surface area contributed by atoms with Crippen molar-refractivity contribution in [2.24, 2.45) is 5.73 Å². The number of halogens is 3. The Morgan fingerprint density at radius 1 is 1.25 bits per heavy atom. The predicted octanol–water partition coefficient (Wildman–Crippen LogP) is -0.258. The number of imide groups is 1. The Hall–Kier alpha value is -2.43. The zero-order valence-corrected chi connectivity index (χ0v) is 12.9. The van der Waals surface area contributed by atoms with E-state index in [4.69, 9.17) is 15.6 Å². The van der Waals surface area contributed by atoms with Gasteiger partial charge in [-0.2, -0.15) is 13.2 Å². The molecule has 0 saturated carbocycles. The fraction of sp³-hybridized carbons (Fsp3) is 0.538. The van der Waals surface area contributed by atoms with E-state index in [1.165, 1.54) is 12.2 Å². The molecule has 1 aliphatic heterocycles. The number of nitrogens with zero attached hydrogens (tertiary/aromatic N) is 2. The second-order valence-corrected chi connectivity index (χ2v) is 4.67. The topological polar surface area (TPSA) is 121 Å². The fourth-order valence-electron chi connectivity index (χ4n) is 1.55. The lowest BCUT2D eigenvalue weighted by Crippen LogP contribution is -2.34. The first-order chi connectivity index (χ1) is 11.0. The van der Waals surface area contributed by atoms with Gasteiger partial charge in [0.1, 0.15) is 0 Å². The van der Waals surface area contributed by atoms with Gasteiger partial charge >= 0.3 is 12.1 Å². The zero-order valence-electron chi connectivity index (χ0n) is 12.9. The number of amides is 3. The Labute approximate surface area is 135 Å². The van der Waals surface area contributed by atoms with E-state index in [-0.39, 0.29) is 24.3 Å². The summed E-state index contributed by atoms with van der Waals surface area (Å²) >= 11 is 0. The Morgan fingerprint density at radius 3 is 2.08 bits per heavy atom. The summed E-state index contributed by atoms with van der Waals surface area (Å²) in [6.45, 7) is 1.23. The molecule has 0 aromatic carbocycles. The van der Waals surface area contributed by atoms with Crippen LogP contribution < -0.4 is 5.73 Å². The highest BCUT2D eigenvalue weighted by Crippen LogP contribution is 2.13. The number of carbonyl (C=O) groups is 4. The SMILES string of the molecule is CN(CCN)C(=O)CCCN1C(=O)C=CC1=O.O=C(O)C(F)(F)F. The zero-order chi connectivity index (χ0) is 18.9. The molecule has 0 saturated heterocycles. The lowest BCUT2D eigenvalue weighted by Gasteiger charge is -2.17. The maximum absolute atomic E-state index is 11.5. The first-order valence-electron chi connectivity index (χ1n) is 6.78. The molecule has 0 spiro atoms. The van der Waals surface area contributed by atoms with E-state index in [0.717, 1.165) is 4.90 Å². The number of hydrogen-bond acceptors (Lipinski definition) is 5. The third kappa shape index (κ3) is 7.72. The maximum Gasteiger partial charge on any atom is 0.490 e. The lowest BCUT2D eigenvalue weighted by molar-refractivity contribution is -0.192. The van der Waals surface area contributed by atoms with Crippen molar-refractivity contribution in [3.05, 3.63) is 12.2 Å². The van der Waals surface area contributed by atoms with Crippen LogP contribution in [0.1, 0.15) is 12.8 Å². The quantitative estimate of drug-likeness (QED) is 0.635. The molecule has 0 fully saturated rings. The highest BCUT2D eigenvalue weighted by atomic mass is 19.4. The average Bonchev–Trinajstić information content (AvgIpc) is 2.78. The molecule has 0 unspecified atom stereocenters. The van der Waals surface area contributed by atoms with Crippen molar-refractivity contribution in [2.75, 3.05) is 26.7 Å². The number of carboxylic acid groups (broad SMARTS) is 1. The van der Waals surface area contributed by atoms with Crippen molar-refractivity contribution < 1.29 is 37.5 Å². The number of hydrogen-bond donors (Lipinski definition) is 2. The van der Waals surface area contributed by atoms with E-state index in [9.17, 15) is 27.6 Å². The molecular weight excluding hydrogens is 335 g/mol. The molecule has 8 nitrogen and oxygen atoms in total. The summed E-state index contributed by atoms with van der Waals surface area (Å²) in [5.74, 6) is -3.40. The van der Waals surface area contributed by atoms with Gasteiger partial charge in [0, 0.05) is 45.3 Å². The van der Waals surface area contributed by atoms with E-state index >= 15 is 0 Å². The normalized spacial score (nSPS) is 13.6. The van der Waals surface area contributed by atoms with Gasteiger partial charge in [0.05, 0.1) is 0 Å². The van der Waals surface area contributed by atoms with Gasteiger partial charge in [-0.1, -0.05) is 0 Å². The molecule has 136 valence electrons. The van der Waals surface area contributed by atoms with E-state index < -0.39 is 12.1 Å². The van der Waals surface area contributed by atoms with Gasteiger partial charge in [-0.05, 0) is 6.42 Å². The Balaban J connectivity index is 0.000000640. The van der Waals surface area contributed by atoms with Gasteiger partial charge in [-0.3, -0.25) is 19.3 Å². The molecule has 1 rings (SSSR count). The van der Waals surface area contributed by atoms with Crippen molar-refractivity contribution in [1.82, 2.24) is 9.80 Å². The first kappa shape index (κ1) is 21.6. The van der Waals surface area contributed by atoms with Crippen LogP contribution in [0, 0.1) is 0 Å². The highest BCUT2D eigenvalue weighted by Gasteiger charge is 2.38. The molecular formula is C13H18F3N3O5. The maximum atomic E-state index is 11.5. The second kappa shape index (κ2) is 9.65. The van der Waals surface area contributed by atoms with E-state index in [1.807, 2.05) is 0 Å². The number of carbonyl (C=O) groups excluding carboxylic acids is 3. The minimum Gasteiger partial charge on any atom is -0.475 e. The van der Waals surface area contributed by atoms with E-state index in [2.05, 4.69) is 0 Å². The van der Waals surface area contributed by atoms with Gasteiger partial charge in [0.15, 0.2) is 0 Å². The third-order valence-corrected chi connectivity index (χ3v) is 2.81. The molecule has 11 heteroatoms. The molecule has 0 bridgehead atoms. The third-order valence-electron chi connectivity index (χ3n) is 2.81. The summed E-state index contributed by atoms with van der Waals surface area (Å²) in [4.78, 5) is 45.5. The van der Waals surface area contributed by atoms with Crippen molar-refractivity contribution in [2.45, 2.75) is 19.0 Å². The minimum atomic E-state index is -5.08. The molecule has 0 radical (unpaired) electrons. The van der Waals surface area contributed by atoms with Gasteiger partial charge < -0.3 is 15.7 Å². The standard InChI is InChI=1S/C11H17N3O3.C2HF3O2/c1-13(8-6-12)9(15)3-2-7-14-10(16)4-5-11(14)17;3-2(4,5)1(6)7/h4-5H,2-3,6-8,12H2,1H3;(H,6,7). The highest BCUT2D eigenvalue weighted by molar-refractivity contribution is 6.12. The monoisotopic (exact) mass is 353 g/mol. The number of carboxylic acids is 1. The molecule has 0 aromatic rings. The number of rotatable bonds is 6. The molecule has 0 atom stereocenters. The Bertz CT molecular complexity index is 501. The molecule has 3 N–H and O–H groups in total. The van der Waals surface area contributed by atoms with Gasteiger partial charge in [-0.25, -0.2) is 4.79 Å². The summed E-state index contributed by atoms with van der Waals surface area (Å²) in [6, 6.07) is 0. The average molecular weight is 353 g/mol. The van der Waals surface area contributed by atoms with Crippen molar-refractivity contribution in [1.29, 1.82) is 0 Å². The smallest absolute Gasteiger partial charge is 0.475 e. The molecule has 1 heterocycles. The summed E-state index contributed by atoms with van der Waals surface area (Å²) in [5, 5.41) is 7.12. The summed E-state index contributed by atoms with van der Waals surface area (Å²) < 4.78 is 31.7. The Kier molecular flexibility index (Phi) is 8.67. The van der Waals surface area contributed by atoms with Gasteiger partial charge in [0.2, 0.25) is 5.91 Å². The number of alkyl halides is 3. The van der Waals surface area contributed by atoms with E-state index in [1.54, 1.807) is 11.9 Å². The van der Waals surface area contributed by atoms with Crippen molar-refractivity contribution in [3.8, 4) is 0 Å². The van der Waals surface area contributed by atoms with Crippen LogP contribution in [0.4, 0.5) is 13.2 Å². The fourth-order valence-corrected chi connectivity index (χ4v) is 1.55. The van der Waals surface area contributed by atoms with Gasteiger partial charge in [-0.15, -0.1) is 0 Å². The molecule has 0 aliphatic carbocycles. The van der Waals surface area contributed by atoms with Crippen LogP contribution in [-0.2, 0) is 19.2 Å². The minimum absolute atomic E-state index is 0.0255. The lowest BCUT2D eigenvalue weighted by atomic mass is 10.2. The molecule has 0 aromatic heterocycles. The summed E-state index contributed by atoms with van der Waals surface area (Å²) in [7, 11) is 1.68. The van der Waals surface area contributed by atoms with Crippen LogP contribution in [0.25, 0.3) is 0 Å². The van der Waals surface area contributed by atoms with Crippen LogP contribution in [0.2, 0.25) is 0 Å². The van der Waals surface area contributed by atoms with E-state index in [0.29, 0.717) is 25.9 Å². The predicted molar refractivity (Wildman–Crippen MR) is 75.5 cm³/mol. The van der Waals surface area contributed by atoms with Crippen LogP contribution in [0.3, 0.4) is 0 Å². The van der Waals surface area contributed by atoms with Crippen LogP contribution in [0.15, 0.2) is 12.2 Å². The molecule has 24 heavy (non-hydrogen) atoms. The number of nitrogens with two attached hydrogens (primary N) is 1. The van der Waals surface area contributed by atoms with Crippen LogP contribution in [-0.4, -0.2) is 71.5 Å². The van der Waals surface area contributed by atoms with Gasteiger partial charge in [0.25, 0.3) is 11.8 Å². The molecule has 1 aliphatic rings. The Morgan fingerprint density at radius 2 is 1.71 bits per heavy atom. The van der Waals surface area contributed by atoms with Crippen molar-refractivity contribution in [3.63, 3.8) is 0 Å². The summed E-state index contributed by atoms with van der Waals surface area (Å²) in [5.41, 5.74) is 5.33. The van der Waals surface area contributed by atoms with Crippen LogP contribution in [0.5, 0.6) is 0 Å². The second-order valence-electron chi connectivity index (χ2n) is 4.67.